The summed E-state index contributed by atoms with van der Waals surface area (Å²) >= 11 is 3.33. The Hall–Kier alpha value is -1.43. The first kappa shape index (κ1) is 12.0. The van der Waals surface area contributed by atoms with Crippen molar-refractivity contribution < 1.29 is 23.7 Å². The Morgan fingerprint density at radius 3 is 2.18 bits per heavy atom. The summed E-state index contributed by atoms with van der Waals surface area (Å²) in [5.74, 6) is 0.931. The van der Waals surface area contributed by atoms with Crippen molar-refractivity contribution in [2.45, 2.75) is 6.61 Å². The van der Waals surface area contributed by atoms with Crippen LogP contribution in [-0.4, -0.2) is 27.3 Å². The van der Waals surface area contributed by atoms with Gasteiger partial charge >= 0.3 is 5.97 Å². The number of halogens is 1. The molecule has 0 aromatic heterocycles. The molecule has 0 fully saturated rings. The van der Waals surface area contributed by atoms with Crippen LogP contribution in [0, 0.1) is 0 Å². The molecule has 0 unspecified atom stereocenters. The van der Waals surface area contributed by atoms with Gasteiger partial charge < -0.3 is 18.9 Å². The van der Waals surface area contributed by atoms with Gasteiger partial charge in [0.15, 0.2) is 11.5 Å². The maximum absolute atomic E-state index is 11.6. The molecular formula is C11H11BrO5. The number of carbonyl (C=O) groups is 1. The Balaban J connectivity index is 2.80. The van der Waals surface area contributed by atoms with Gasteiger partial charge in [-0.1, -0.05) is 0 Å². The van der Waals surface area contributed by atoms with Gasteiger partial charge in [-0.2, -0.15) is 0 Å². The average Bonchev–Trinajstić information content (AvgIpc) is 2.71. The lowest BCUT2D eigenvalue weighted by Crippen LogP contribution is -2.02. The third-order valence-corrected chi connectivity index (χ3v) is 3.33. The minimum absolute atomic E-state index is 0.177. The Kier molecular flexibility index (Phi) is 3.15. The van der Waals surface area contributed by atoms with Gasteiger partial charge in [0.1, 0.15) is 6.61 Å². The first-order valence-electron chi connectivity index (χ1n) is 4.83. The van der Waals surface area contributed by atoms with Gasteiger partial charge in [-0.15, -0.1) is 0 Å². The molecule has 1 aromatic carbocycles. The molecule has 92 valence electrons. The fourth-order valence-electron chi connectivity index (χ4n) is 1.84. The van der Waals surface area contributed by atoms with E-state index >= 15 is 0 Å². The minimum atomic E-state index is -0.397. The summed E-state index contributed by atoms with van der Waals surface area (Å²) in [7, 11) is 4.51. The predicted octanol–water partition coefficient (Wildman–Crippen LogP) is 2.15. The van der Waals surface area contributed by atoms with Gasteiger partial charge in [0.25, 0.3) is 0 Å². The van der Waals surface area contributed by atoms with E-state index in [-0.39, 0.29) is 6.61 Å². The second-order valence-electron chi connectivity index (χ2n) is 3.34. The van der Waals surface area contributed by atoms with Crippen molar-refractivity contribution in [1.29, 1.82) is 0 Å². The molecule has 0 amide bonds. The molecular weight excluding hydrogens is 292 g/mol. The molecule has 0 aliphatic carbocycles. The molecule has 1 aliphatic rings. The molecule has 17 heavy (non-hydrogen) atoms. The van der Waals surface area contributed by atoms with Crippen molar-refractivity contribution in [2.24, 2.45) is 0 Å². The van der Waals surface area contributed by atoms with Crippen molar-refractivity contribution in [3.05, 3.63) is 15.6 Å². The smallest absolute Gasteiger partial charge is 0.340 e. The van der Waals surface area contributed by atoms with Crippen LogP contribution in [0.5, 0.6) is 17.2 Å². The second kappa shape index (κ2) is 4.44. The van der Waals surface area contributed by atoms with Gasteiger partial charge in [-0.25, -0.2) is 4.79 Å². The zero-order valence-electron chi connectivity index (χ0n) is 9.63. The molecule has 0 atom stereocenters. The number of hydrogen-bond donors (Lipinski definition) is 0. The third kappa shape index (κ3) is 1.63. The molecule has 0 N–H and O–H groups in total. The van der Waals surface area contributed by atoms with Crippen LogP contribution in [0.25, 0.3) is 0 Å². The number of cyclic esters (lactones) is 1. The normalized spacial score (nSPS) is 13.1. The number of ether oxygens (including phenoxy) is 4. The zero-order valence-corrected chi connectivity index (χ0v) is 11.2. The monoisotopic (exact) mass is 302 g/mol. The highest BCUT2D eigenvalue weighted by atomic mass is 79.9. The number of benzene rings is 1. The van der Waals surface area contributed by atoms with Gasteiger partial charge in [-0.3, -0.25) is 0 Å². The first-order valence-corrected chi connectivity index (χ1v) is 5.62. The molecule has 5 nitrogen and oxygen atoms in total. The molecule has 6 heteroatoms. The predicted molar refractivity (Wildman–Crippen MR) is 62.9 cm³/mol. The molecule has 1 heterocycles. The van der Waals surface area contributed by atoms with Gasteiger partial charge in [0.2, 0.25) is 5.75 Å². The van der Waals surface area contributed by atoms with Crippen LogP contribution in [0.2, 0.25) is 0 Å². The average molecular weight is 303 g/mol. The molecule has 1 aliphatic heterocycles. The third-order valence-electron chi connectivity index (χ3n) is 2.57. The Morgan fingerprint density at radius 2 is 1.65 bits per heavy atom. The standard InChI is InChI=1S/C11H11BrO5/c1-14-8-5-4-17-11(13)6(5)7(12)9(15-2)10(8)16-3/h4H2,1-3H3. The van der Waals surface area contributed by atoms with Gasteiger partial charge in [0, 0.05) is 0 Å². The lowest BCUT2D eigenvalue weighted by molar-refractivity contribution is 0.0533. The van der Waals surface area contributed by atoms with E-state index in [0.29, 0.717) is 32.8 Å². The fourth-order valence-corrected chi connectivity index (χ4v) is 2.59. The van der Waals surface area contributed by atoms with E-state index < -0.39 is 5.97 Å². The maximum Gasteiger partial charge on any atom is 0.340 e. The molecule has 2 rings (SSSR count). The van der Waals surface area contributed by atoms with E-state index in [1.54, 1.807) is 0 Å². The van der Waals surface area contributed by atoms with E-state index in [1.165, 1.54) is 21.3 Å². The number of esters is 1. The summed E-state index contributed by atoms with van der Waals surface area (Å²) in [4.78, 5) is 11.6. The summed E-state index contributed by atoms with van der Waals surface area (Å²) in [6.45, 7) is 0.177. The lowest BCUT2D eigenvalue weighted by atomic mass is 10.1. The number of hydrogen-bond acceptors (Lipinski definition) is 5. The van der Waals surface area contributed by atoms with E-state index in [2.05, 4.69) is 15.9 Å². The van der Waals surface area contributed by atoms with E-state index in [0.717, 1.165) is 0 Å². The highest BCUT2D eigenvalue weighted by Gasteiger charge is 2.34. The maximum atomic E-state index is 11.6. The van der Waals surface area contributed by atoms with Crippen molar-refractivity contribution in [1.82, 2.24) is 0 Å². The first-order chi connectivity index (χ1) is 8.15. The lowest BCUT2D eigenvalue weighted by Gasteiger charge is -2.16. The van der Waals surface area contributed by atoms with Crippen molar-refractivity contribution in [3.8, 4) is 17.2 Å². The Morgan fingerprint density at radius 1 is 1.06 bits per heavy atom. The summed E-state index contributed by atoms with van der Waals surface area (Å²) in [5.41, 5.74) is 1.10. The number of methoxy groups -OCH3 is 3. The van der Waals surface area contributed by atoms with Crippen LogP contribution < -0.4 is 14.2 Å². The Labute approximate surface area is 107 Å². The van der Waals surface area contributed by atoms with Crippen LogP contribution in [0.3, 0.4) is 0 Å². The largest absolute Gasteiger partial charge is 0.492 e. The highest BCUT2D eigenvalue weighted by Crippen LogP contribution is 2.49. The number of rotatable bonds is 3. The summed E-state index contributed by atoms with van der Waals surface area (Å²) in [6.07, 6.45) is 0. The van der Waals surface area contributed by atoms with Crippen LogP contribution >= 0.6 is 15.9 Å². The van der Waals surface area contributed by atoms with E-state index in [9.17, 15) is 4.79 Å². The SMILES string of the molecule is COc1c(Br)c2c(c(OC)c1OC)COC2=O. The van der Waals surface area contributed by atoms with Crippen LogP contribution in [0.4, 0.5) is 0 Å². The van der Waals surface area contributed by atoms with Crippen LogP contribution in [-0.2, 0) is 11.3 Å². The molecule has 0 bridgehead atoms. The Bertz CT molecular complexity index is 483. The highest BCUT2D eigenvalue weighted by molar-refractivity contribution is 9.10. The quantitative estimate of drug-likeness (QED) is 0.801. The van der Waals surface area contributed by atoms with Crippen molar-refractivity contribution in [3.63, 3.8) is 0 Å². The topological polar surface area (TPSA) is 54.0 Å². The number of carbonyl (C=O) groups excluding carboxylic acids is 1. The zero-order chi connectivity index (χ0) is 12.6. The molecule has 1 aromatic rings. The van der Waals surface area contributed by atoms with Crippen LogP contribution in [0.15, 0.2) is 4.47 Å². The molecule has 0 radical (unpaired) electrons. The van der Waals surface area contributed by atoms with Crippen LogP contribution in [0.1, 0.15) is 15.9 Å². The molecule has 0 spiro atoms. The van der Waals surface area contributed by atoms with Gasteiger partial charge in [-0.05, 0) is 15.9 Å². The van der Waals surface area contributed by atoms with Crippen molar-refractivity contribution >= 4 is 21.9 Å². The van der Waals surface area contributed by atoms with Crippen molar-refractivity contribution in [2.75, 3.05) is 21.3 Å². The minimum Gasteiger partial charge on any atom is -0.492 e. The molecule has 0 saturated heterocycles. The second-order valence-corrected chi connectivity index (χ2v) is 4.14. The van der Waals surface area contributed by atoms with Gasteiger partial charge in [0.05, 0.1) is 36.9 Å². The number of fused-ring (bicyclic) bond motifs is 1. The van der Waals surface area contributed by atoms with E-state index in [4.69, 9.17) is 18.9 Å². The van der Waals surface area contributed by atoms with E-state index in [1.807, 2.05) is 0 Å². The summed E-state index contributed by atoms with van der Waals surface area (Å²) in [6, 6.07) is 0. The summed E-state index contributed by atoms with van der Waals surface area (Å²) in [5, 5.41) is 0. The molecule has 0 saturated carbocycles. The summed E-state index contributed by atoms with van der Waals surface area (Å²) < 4.78 is 21.3. The fraction of sp³-hybridized carbons (Fsp3) is 0.364.